The highest BCUT2D eigenvalue weighted by atomic mass is 16.4. The van der Waals surface area contributed by atoms with E-state index in [4.69, 9.17) is 4.42 Å². The molecule has 0 spiro atoms. The van der Waals surface area contributed by atoms with Crippen LogP contribution in [0.3, 0.4) is 0 Å². The van der Waals surface area contributed by atoms with Gasteiger partial charge in [0.2, 0.25) is 11.8 Å². The van der Waals surface area contributed by atoms with Gasteiger partial charge in [0.15, 0.2) is 0 Å². The second-order valence-electron chi connectivity index (χ2n) is 6.32. The van der Waals surface area contributed by atoms with E-state index in [9.17, 15) is 4.79 Å². The number of aromatic nitrogens is 2. The smallest absolute Gasteiger partial charge is 0.251 e. The summed E-state index contributed by atoms with van der Waals surface area (Å²) in [4.78, 5) is 12.1. The molecule has 0 atom stereocenters. The Kier molecular flexibility index (Phi) is 5.79. The van der Waals surface area contributed by atoms with Crippen molar-refractivity contribution in [2.24, 2.45) is 0 Å². The van der Waals surface area contributed by atoms with Crippen LogP contribution in [0.2, 0.25) is 0 Å². The third-order valence-corrected chi connectivity index (χ3v) is 4.18. The second-order valence-corrected chi connectivity index (χ2v) is 6.32. The Morgan fingerprint density at radius 2 is 1.50 bits per heavy atom. The van der Waals surface area contributed by atoms with Gasteiger partial charge in [0, 0.05) is 23.2 Å². The summed E-state index contributed by atoms with van der Waals surface area (Å²) >= 11 is 0. The van der Waals surface area contributed by atoms with Gasteiger partial charge in [-0.05, 0) is 49.7 Å². The van der Waals surface area contributed by atoms with Crippen molar-refractivity contribution >= 4 is 5.91 Å². The van der Waals surface area contributed by atoms with Crippen LogP contribution in [0.15, 0.2) is 52.9 Å². The van der Waals surface area contributed by atoms with Crippen LogP contribution in [0.5, 0.6) is 0 Å². The SMILES string of the molecule is CCCCCNC(=O)c1ccc(-c2nnc(-c3ccc(C)cc3)o2)cc1. The largest absolute Gasteiger partial charge is 0.416 e. The zero-order valence-electron chi connectivity index (χ0n) is 15.2. The molecule has 5 heteroatoms. The molecule has 2 aromatic carbocycles. The highest BCUT2D eigenvalue weighted by Gasteiger charge is 2.11. The average molecular weight is 349 g/mol. The van der Waals surface area contributed by atoms with Crippen molar-refractivity contribution in [1.82, 2.24) is 15.5 Å². The van der Waals surface area contributed by atoms with Crippen LogP contribution in [0, 0.1) is 6.92 Å². The number of hydrogen-bond donors (Lipinski definition) is 1. The van der Waals surface area contributed by atoms with Crippen molar-refractivity contribution < 1.29 is 9.21 Å². The molecule has 134 valence electrons. The van der Waals surface area contributed by atoms with E-state index in [2.05, 4.69) is 22.4 Å². The van der Waals surface area contributed by atoms with Crippen molar-refractivity contribution in [3.05, 3.63) is 59.7 Å². The minimum Gasteiger partial charge on any atom is -0.416 e. The van der Waals surface area contributed by atoms with E-state index in [1.807, 2.05) is 43.3 Å². The summed E-state index contributed by atoms with van der Waals surface area (Å²) in [5, 5.41) is 11.2. The van der Waals surface area contributed by atoms with Crippen LogP contribution in [-0.4, -0.2) is 22.6 Å². The summed E-state index contributed by atoms with van der Waals surface area (Å²) in [5.41, 5.74) is 3.48. The standard InChI is InChI=1S/C21H23N3O2/c1-3-4-5-14-22-19(25)16-10-12-18(13-11-16)21-24-23-20(26-21)17-8-6-15(2)7-9-17/h6-13H,3-5,14H2,1-2H3,(H,22,25). The van der Waals surface area contributed by atoms with Gasteiger partial charge in [-0.2, -0.15) is 0 Å². The van der Waals surface area contributed by atoms with Gasteiger partial charge >= 0.3 is 0 Å². The van der Waals surface area contributed by atoms with Crippen LogP contribution in [0.4, 0.5) is 0 Å². The molecule has 3 aromatic rings. The van der Waals surface area contributed by atoms with E-state index in [0.717, 1.165) is 30.4 Å². The summed E-state index contributed by atoms with van der Waals surface area (Å²) in [7, 11) is 0. The fourth-order valence-electron chi connectivity index (χ4n) is 2.60. The van der Waals surface area contributed by atoms with E-state index >= 15 is 0 Å². The maximum atomic E-state index is 12.1. The van der Waals surface area contributed by atoms with Crippen LogP contribution in [0.1, 0.15) is 42.1 Å². The first-order valence-corrected chi connectivity index (χ1v) is 8.96. The van der Waals surface area contributed by atoms with Gasteiger partial charge in [-0.15, -0.1) is 10.2 Å². The Hall–Kier alpha value is -2.95. The van der Waals surface area contributed by atoms with Crippen molar-refractivity contribution in [2.75, 3.05) is 6.54 Å². The molecule has 0 aliphatic carbocycles. The molecule has 3 rings (SSSR count). The van der Waals surface area contributed by atoms with Crippen molar-refractivity contribution in [3.63, 3.8) is 0 Å². The van der Waals surface area contributed by atoms with Gasteiger partial charge in [0.05, 0.1) is 0 Å². The number of carbonyl (C=O) groups excluding carboxylic acids is 1. The quantitative estimate of drug-likeness (QED) is 0.631. The molecular weight excluding hydrogens is 326 g/mol. The molecule has 1 amide bonds. The van der Waals surface area contributed by atoms with E-state index < -0.39 is 0 Å². The van der Waals surface area contributed by atoms with Gasteiger partial charge < -0.3 is 9.73 Å². The Morgan fingerprint density at radius 1 is 0.923 bits per heavy atom. The molecule has 0 bridgehead atoms. The third-order valence-electron chi connectivity index (χ3n) is 4.18. The molecular formula is C21H23N3O2. The zero-order valence-corrected chi connectivity index (χ0v) is 15.2. The normalized spacial score (nSPS) is 10.7. The maximum absolute atomic E-state index is 12.1. The molecule has 0 unspecified atom stereocenters. The molecule has 1 aromatic heterocycles. The first kappa shape index (κ1) is 17.9. The van der Waals surface area contributed by atoms with Crippen molar-refractivity contribution in [3.8, 4) is 22.9 Å². The second kappa shape index (κ2) is 8.43. The topological polar surface area (TPSA) is 68.0 Å². The molecule has 1 N–H and O–H groups in total. The van der Waals surface area contributed by atoms with Gasteiger partial charge in [-0.1, -0.05) is 37.5 Å². The van der Waals surface area contributed by atoms with Crippen LogP contribution in [-0.2, 0) is 0 Å². The molecule has 26 heavy (non-hydrogen) atoms. The third kappa shape index (κ3) is 4.36. The Labute approximate surface area is 153 Å². The highest BCUT2D eigenvalue weighted by Crippen LogP contribution is 2.24. The number of nitrogens with one attached hydrogen (secondary N) is 1. The number of rotatable bonds is 7. The van der Waals surface area contributed by atoms with Gasteiger partial charge in [0.25, 0.3) is 5.91 Å². The molecule has 0 aliphatic rings. The van der Waals surface area contributed by atoms with E-state index in [0.29, 0.717) is 23.9 Å². The van der Waals surface area contributed by atoms with Gasteiger partial charge in [0.1, 0.15) is 0 Å². The van der Waals surface area contributed by atoms with Crippen LogP contribution in [0.25, 0.3) is 22.9 Å². The predicted molar refractivity (Wildman–Crippen MR) is 102 cm³/mol. The minimum atomic E-state index is -0.0569. The maximum Gasteiger partial charge on any atom is 0.251 e. The minimum absolute atomic E-state index is 0.0569. The molecule has 0 fully saturated rings. The Balaban J connectivity index is 1.67. The van der Waals surface area contributed by atoms with Crippen molar-refractivity contribution in [1.29, 1.82) is 0 Å². The van der Waals surface area contributed by atoms with E-state index in [1.54, 1.807) is 12.1 Å². The Morgan fingerprint density at radius 3 is 2.08 bits per heavy atom. The van der Waals surface area contributed by atoms with Crippen molar-refractivity contribution in [2.45, 2.75) is 33.1 Å². The van der Waals surface area contributed by atoms with Gasteiger partial charge in [-0.25, -0.2) is 0 Å². The summed E-state index contributed by atoms with van der Waals surface area (Å²) in [6, 6.07) is 15.1. The number of unbranched alkanes of at least 4 members (excludes halogenated alkanes) is 2. The fraction of sp³-hybridized carbons (Fsp3) is 0.286. The lowest BCUT2D eigenvalue weighted by Crippen LogP contribution is -2.24. The lowest BCUT2D eigenvalue weighted by Gasteiger charge is -2.05. The molecule has 0 aliphatic heterocycles. The number of nitrogens with zero attached hydrogens (tertiary/aromatic N) is 2. The summed E-state index contributed by atoms with van der Waals surface area (Å²) in [6.07, 6.45) is 3.27. The summed E-state index contributed by atoms with van der Waals surface area (Å²) in [6.45, 7) is 4.88. The molecule has 5 nitrogen and oxygen atoms in total. The van der Waals surface area contributed by atoms with Crippen LogP contribution >= 0.6 is 0 Å². The first-order valence-electron chi connectivity index (χ1n) is 8.96. The Bertz CT molecular complexity index is 852. The lowest BCUT2D eigenvalue weighted by atomic mass is 10.1. The predicted octanol–water partition coefficient (Wildman–Crippen LogP) is 4.63. The van der Waals surface area contributed by atoms with E-state index in [1.165, 1.54) is 5.56 Å². The average Bonchev–Trinajstić information content (AvgIpc) is 3.16. The monoisotopic (exact) mass is 349 g/mol. The summed E-state index contributed by atoms with van der Waals surface area (Å²) < 4.78 is 5.76. The molecule has 0 radical (unpaired) electrons. The zero-order chi connectivity index (χ0) is 18.4. The first-order chi connectivity index (χ1) is 12.7. The van der Waals surface area contributed by atoms with E-state index in [-0.39, 0.29) is 5.91 Å². The molecule has 1 heterocycles. The number of benzene rings is 2. The fourth-order valence-corrected chi connectivity index (χ4v) is 2.60. The molecule has 0 saturated heterocycles. The highest BCUT2D eigenvalue weighted by molar-refractivity contribution is 5.94. The number of hydrogen-bond acceptors (Lipinski definition) is 4. The summed E-state index contributed by atoms with van der Waals surface area (Å²) in [5.74, 6) is 0.867. The van der Waals surface area contributed by atoms with Gasteiger partial charge in [-0.3, -0.25) is 4.79 Å². The van der Waals surface area contributed by atoms with Crippen LogP contribution < -0.4 is 5.32 Å². The lowest BCUT2D eigenvalue weighted by molar-refractivity contribution is 0.0953. The number of aryl methyl sites for hydroxylation is 1. The number of amides is 1. The molecule has 0 saturated carbocycles. The number of carbonyl (C=O) groups is 1.